The van der Waals surface area contributed by atoms with Crippen molar-refractivity contribution in [3.05, 3.63) is 29.8 Å². The maximum atomic E-state index is 10.3. The van der Waals surface area contributed by atoms with E-state index >= 15 is 0 Å². The van der Waals surface area contributed by atoms with Gasteiger partial charge in [0.05, 0.1) is 13.2 Å². The van der Waals surface area contributed by atoms with Crippen molar-refractivity contribution in [3.63, 3.8) is 0 Å². The van der Waals surface area contributed by atoms with Crippen LogP contribution in [0.15, 0.2) is 24.3 Å². The lowest BCUT2D eigenvalue weighted by Gasteiger charge is -2.36. The highest BCUT2D eigenvalue weighted by Gasteiger charge is 2.25. The summed E-state index contributed by atoms with van der Waals surface area (Å²) in [6.07, 6.45) is 3.53. The molecule has 3 unspecified atom stereocenters. The average molecular weight is 293 g/mol. The monoisotopic (exact) mass is 293 g/mol. The highest BCUT2D eigenvalue weighted by molar-refractivity contribution is 5.33. The Bertz CT molecular complexity index is 408. The molecule has 120 valence electrons. The van der Waals surface area contributed by atoms with E-state index in [1.54, 1.807) is 7.11 Å². The summed E-state index contributed by atoms with van der Waals surface area (Å²) in [5.41, 5.74) is 1.22. The summed E-state index contributed by atoms with van der Waals surface area (Å²) in [6.45, 7) is 6.48. The first-order valence-electron chi connectivity index (χ1n) is 8.06. The van der Waals surface area contributed by atoms with Crippen LogP contribution in [0.25, 0.3) is 0 Å². The fourth-order valence-electron chi connectivity index (χ4n) is 2.98. The van der Waals surface area contributed by atoms with Crippen molar-refractivity contribution in [2.75, 3.05) is 14.2 Å². The van der Waals surface area contributed by atoms with Gasteiger partial charge in [-0.2, -0.15) is 0 Å². The van der Waals surface area contributed by atoms with Crippen LogP contribution in [-0.4, -0.2) is 42.4 Å². The van der Waals surface area contributed by atoms with Crippen LogP contribution in [0.1, 0.15) is 45.6 Å². The Balaban J connectivity index is 2.74. The van der Waals surface area contributed by atoms with Gasteiger partial charge in [-0.3, -0.25) is 4.90 Å². The van der Waals surface area contributed by atoms with Gasteiger partial charge in [-0.15, -0.1) is 0 Å². The number of hydrogen-bond acceptors (Lipinski definition) is 3. The number of rotatable bonds is 9. The molecule has 0 saturated heterocycles. The molecule has 3 heteroatoms. The molecule has 0 radical (unpaired) electrons. The van der Waals surface area contributed by atoms with Crippen LogP contribution in [0.5, 0.6) is 5.75 Å². The molecule has 3 nitrogen and oxygen atoms in total. The second-order valence-electron chi connectivity index (χ2n) is 5.86. The zero-order valence-corrected chi connectivity index (χ0v) is 14.2. The van der Waals surface area contributed by atoms with Gasteiger partial charge in [0, 0.05) is 12.1 Å². The summed E-state index contributed by atoms with van der Waals surface area (Å²) in [7, 11) is 3.83. The van der Waals surface area contributed by atoms with E-state index in [1.807, 2.05) is 18.2 Å². The SMILES string of the molecule is CCCC(O)C(CC)N(C)C(C)Cc1ccccc1OC. The van der Waals surface area contributed by atoms with Crippen LogP contribution in [0.2, 0.25) is 0 Å². The van der Waals surface area contributed by atoms with Gasteiger partial charge in [-0.1, -0.05) is 38.5 Å². The van der Waals surface area contributed by atoms with E-state index in [0.717, 1.165) is 31.4 Å². The molecular weight excluding hydrogens is 262 g/mol. The summed E-state index contributed by atoms with van der Waals surface area (Å²) >= 11 is 0. The molecule has 0 spiro atoms. The first kappa shape index (κ1) is 18.0. The number of para-hydroxylation sites is 1. The maximum Gasteiger partial charge on any atom is 0.122 e. The van der Waals surface area contributed by atoms with Crippen molar-refractivity contribution >= 4 is 0 Å². The second-order valence-corrected chi connectivity index (χ2v) is 5.86. The molecule has 0 fully saturated rings. The minimum atomic E-state index is -0.245. The van der Waals surface area contributed by atoms with Crippen LogP contribution in [0.3, 0.4) is 0 Å². The number of aliphatic hydroxyl groups excluding tert-OH is 1. The third kappa shape index (κ3) is 5.01. The third-order valence-corrected chi connectivity index (χ3v) is 4.37. The molecule has 21 heavy (non-hydrogen) atoms. The average Bonchev–Trinajstić information content (AvgIpc) is 2.48. The smallest absolute Gasteiger partial charge is 0.122 e. The van der Waals surface area contributed by atoms with Gasteiger partial charge in [-0.05, 0) is 44.9 Å². The van der Waals surface area contributed by atoms with E-state index < -0.39 is 0 Å². The fraction of sp³-hybridized carbons (Fsp3) is 0.667. The Morgan fingerprint density at radius 2 is 1.90 bits per heavy atom. The first-order valence-corrected chi connectivity index (χ1v) is 8.06. The van der Waals surface area contributed by atoms with Crippen molar-refractivity contribution < 1.29 is 9.84 Å². The molecule has 1 aromatic carbocycles. The van der Waals surface area contributed by atoms with E-state index in [1.165, 1.54) is 5.56 Å². The van der Waals surface area contributed by atoms with Gasteiger partial charge in [0.25, 0.3) is 0 Å². The lowest BCUT2D eigenvalue weighted by atomic mass is 9.98. The molecular formula is C18H31NO2. The highest BCUT2D eigenvalue weighted by Crippen LogP contribution is 2.22. The number of nitrogens with zero attached hydrogens (tertiary/aromatic N) is 1. The topological polar surface area (TPSA) is 32.7 Å². The van der Waals surface area contributed by atoms with Crippen molar-refractivity contribution in [1.82, 2.24) is 4.90 Å². The normalized spacial score (nSPS) is 15.8. The fourth-order valence-corrected chi connectivity index (χ4v) is 2.98. The minimum Gasteiger partial charge on any atom is -0.496 e. The second kappa shape index (κ2) is 9.06. The predicted molar refractivity (Wildman–Crippen MR) is 88.9 cm³/mol. The zero-order valence-electron chi connectivity index (χ0n) is 14.2. The van der Waals surface area contributed by atoms with Crippen molar-refractivity contribution in [2.24, 2.45) is 0 Å². The molecule has 0 bridgehead atoms. The summed E-state index contributed by atoms with van der Waals surface area (Å²) in [6, 6.07) is 8.75. The third-order valence-electron chi connectivity index (χ3n) is 4.37. The van der Waals surface area contributed by atoms with Gasteiger partial charge >= 0.3 is 0 Å². The molecule has 3 atom stereocenters. The molecule has 0 aliphatic carbocycles. The zero-order chi connectivity index (χ0) is 15.8. The van der Waals surface area contributed by atoms with Crippen LogP contribution >= 0.6 is 0 Å². The molecule has 1 N–H and O–H groups in total. The van der Waals surface area contributed by atoms with Crippen molar-refractivity contribution in [3.8, 4) is 5.75 Å². The molecule has 0 aromatic heterocycles. The van der Waals surface area contributed by atoms with Crippen LogP contribution < -0.4 is 4.74 Å². The molecule has 0 saturated carbocycles. The number of aliphatic hydroxyl groups is 1. The van der Waals surface area contributed by atoms with Gasteiger partial charge in [0.2, 0.25) is 0 Å². The summed E-state index contributed by atoms with van der Waals surface area (Å²) in [5, 5.41) is 10.3. The number of hydrogen-bond donors (Lipinski definition) is 1. The summed E-state index contributed by atoms with van der Waals surface area (Å²) < 4.78 is 5.43. The molecule has 0 heterocycles. The van der Waals surface area contributed by atoms with Gasteiger partial charge in [0.1, 0.15) is 5.75 Å². The van der Waals surface area contributed by atoms with E-state index in [4.69, 9.17) is 4.74 Å². The molecule has 0 aliphatic rings. The van der Waals surface area contributed by atoms with Crippen LogP contribution in [-0.2, 0) is 6.42 Å². The van der Waals surface area contributed by atoms with Crippen molar-refractivity contribution in [2.45, 2.75) is 64.6 Å². The number of benzene rings is 1. The first-order chi connectivity index (χ1) is 10.0. The van der Waals surface area contributed by atoms with E-state index in [2.05, 4.69) is 38.8 Å². The van der Waals surface area contributed by atoms with E-state index in [0.29, 0.717) is 6.04 Å². The summed E-state index contributed by atoms with van der Waals surface area (Å²) in [4.78, 5) is 2.31. The number of ether oxygens (including phenoxy) is 1. The predicted octanol–water partition coefficient (Wildman–Crippen LogP) is 3.50. The van der Waals surface area contributed by atoms with Gasteiger partial charge < -0.3 is 9.84 Å². The molecule has 1 aromatic rings. The van der Waals surface area contributed by atoms with E-state index in [-0.39, 0.29) is 12.1 Å². The van der Waals surface area contributed by atoms with Crippen LogP contribution in [0, 0.1) is 0 Å². The van der Waals surface area contributed by atoms with Crippen LogP contribution in [0.4, 0.5) is 0 Å². The largest absolute Gasteiger partial charge is 0.496 e. The Morgan fingerprint density at radius 1 is 1.24 bits per heavy atom. The Morgan fingerprint density at radius 3 is 2.48 bits per heavy atom. The van der Waals surface area contributed by atoms with Gasteiger partial charge in [-0.25, -0.2) is 0 Å². The Hall–Kier alpha value is -1.06. The summed E-state index contributed by atoms with van der Waals surface area (Å²) in [5.74, 6) is 0.944. The Labute approximate surface area is 129 Å². The lowest BCUT2D eigenvalue weighted by Crippen LogP contribution is -2.46. The minimum absolute atomic E-state index is 0.217. The molecule has 0 aliphatic heterocycles. The van der Waals surface area contributed by atoms with Crippen molar-refractivity contribution in [1.29, 1.82) is 0 Å². The lowest BCUT2D eigenvalue weighted by molar-refractivity contribution is 0.0361. The van der Waals surface area contributed by atoms with Gasteiger partial charge in [0.15, 0.2) is 0 Å². The van der Waals surface area contributed by atoms with E-state index in [9.17, 15) is 5.11 Å². The number of likely N-dealkylation sites (N-methyl/N-ethyl adjacent to an activating group) is 1. The standard InChI is InChI=1S/C18H31NO2/c1-6-10-17(20)16(7-2)19(4)14(3)13-15-11-8-9-12-18(15)21-5/h8-9,11-12,14,16-17,20H,6-7,10,13H2,1-5H3. The maximum absolute atomic E-state index is 10.3. The Kier molecular flexibility index (Phi) is 7.76. The quantitative estimate of drug-likeness (QED) is 0.756. The molecule has 1 rings (SSSR count). The molecule has 0 amide bonds. The number of methoxy groups -OCH3 is 1. The highest BCUT2D eigenvalue weighted by atomic mass is 16.5.